The molecular formula is C43H52O20. The summed E-state index contributed by atoms with van der Waals surface area (Å²) >= 11 is 0. The minimum atomic E-state index is -1.92. The van der Waals surface area contributed by atoms with E-state index in [0.29, 0.717) is 12.0 Å². The number of hydrogen-bond acceptors (Lipinski definition) is 20. The van der Waals surface area contributed by atoms with Crippen LogP contribution in [0.4, 0.5) is 0 Å². The summed E-state index contributed by atoms with van der Waals surface area (Å²) in [7, 11) is 1.33. The van der Waals surface area contributed by atoms with Crippen molar-refractivity contribution in [2.45, 2.75) is 112 Å². The lowest BCUT2D eigenvalue weighted by Gasteiger charge is -2.49. The topological polar surface area (TPSA) is 314 Å². The van der Waals surface area contributed by atoms with Gasteiger partial charge in [-0.15, -0.1) is 0 Å². The third kappa shape index (κ3) is 8.42. The highest BCUT2D eigenvalue weighted by Crippen LogP contribution is 2.57. The number of aliphatic hydroxyl groups is 9. The summed E-state index contributed by atoms with van der Waals surface area (Å²) in [6.45, 7) is 3.78. The summed E-state index contributed by atoms with van der Waals surface area (Å²) in [5, 5.41) is 105. The molecule has 7 rings (SSSR count). The monoisotopic (exact) mass is 888 g/mol. The molecule has 4 aliphatic rings. The number of methoxy groups -OCH3 is 1. The number of carbonyl (C=O) groups is 1. The number of aromatic hydroxyl groups is 1. The van der Waals surface area contributed by atoms with Crippen LogP contribution in [-0.2, 0) is 23.7 Å². The molecule has 20 nitrogen and oxygen atoms in total. The molecule has 1 aromatic heterocycles. The second kappa shape index (κ2) is 17.7. The van der Waals surface area contributed by atoms with Gasteiger partial charge in [0.15, 0.2) is 11.9 Å². The molecule has 0 amide bonds. The Labute approximate surface area is 359 Å². The molecule has 10 N–H and O–H groups in total. The van der Waals surface area contributed by atoms with Crippen molar-refractivity contribution in [1.82, 2.24) is 0 Å². The predicted molar refractivity (Wildman–Crippen MR) is 214 cm³/mol. The zero-order valence-electron chi connectivity index (χ0n) is 34.6. The lowest BCUT2D eigenvalue weighted by atomic mass is 9.59. The van der Waals surface area contributed by atoms with E-state index in [-0.39, 0.29) is 46.8 Å². The van der Waals surface area contributed by atoms with Crippen molar-refractivity contribution in [2.75, 3.05) is 26.9 Å². The van der Waals surface area contributed by atoms with Crippen LogP contribution in [0.5, 0.6) is 23.0 Å². The van der Waals surface area contributed by atoms with Crippen LogP contribution in [0.15, 0.2) is 69.4 Å². The zero-order valence-corrected chi connectivity index (χ0v) is 34.6. The molecule has 2 aromatic carbocycles. The highest BCUT2D eigenvalue weighted by Gasteiger charge is 2.67. The van der Waals surface area contributed by atoms with Crippen LogP contribution >= 0.6 is 0 Å². The quantitative estimate of drug-likeness (QED) is 0.0609. The number of fused-ring (bicyclic) bond motifs is 3. The van der Waals surface area contributed by atoms with E-state index in [2.05, 4.69) is 0 Å². The normalized spacial score (nSPS) is 37.0. The second-order valence-corrected chi connectivity index (χ2v) is 16.8. The van der Waals surface area contributed by atoms with Crippen molar-refractivity contribution in [1.29, 1.82) is 0 Å². The van der Waals surface area contributed by atoms with Gasteiger partial charge < -0.3 is 88.6 Å². The van der Waals surface area contributed by atoms with Gasteiger partial charge in [-0.3, -0.25) is 4.79 Å². The first-order valence-corrected chi connectivity index (χ1v) is 20.1. The van der Waals surface area contributed by atoms with Crippen molar-refractivity contribution in [2.24, 2.45) is 5.41 Å². The third-order valence-corrected chi connectivity index (χ3v) is 12.4. The maximum atomic E-state index is 14.0. The minimum absolute atomic E-state index is 0.0169. The summed E-state index contributed by atoms with van der Waals surface area (Å²) in [5.74, 6) is -2.27. The number of esters is 1. The fourth-order valence-corrected chi connectivity index (χ4v) is 8.73. The highest BCUT2D eigenvalue weighted by atomic mass is 16.7. The lowest BCUT2D eigenvalue weighted by Crippen LogP contribution is -2.61. The SMILES string of the molecule is COc1cc(O)c2c(=O)c(O[C@H]3O[C@@H](CO)[C@@H](O)[C@@H](O)[C@H]3O)c(-c3ccc(O[C@@H]4O[C@H](CO)[C@@H](O)[C@H](O)[C@H]4OC(=O)/C=C(C)/C=C/[C@]4(O)C5(C)COC4(C)CC(O)C5)cc3)oc2c1. The van der Waals surface area contributed by atoms with Gasteiger partial charge in [-0.1, -0.05) is 13.0 Å². The predicted octanol–water partition coefficient (Wildman–Crippen LogP) is -0.734. The van der Waals surface area contributed by atoms with Crippen LogP contribution in [0.25, 0.3) is 22.3 Å². The van der Waals surface area contributed by atoms with E-state index in [1.807, 2.05) is 6.92 Å². The molecule has 3 aliphatic heterocycles. The second-order valence-electron chi connectivity index (χ2n) is 16.8. The molecular weight excluding hydrogens is 836 g/mol. The molecule has 1 saturated carbocycles. The first-order valence-electron chi connectivity index (χ1n) is 20.1. The molecule has 20 heteroatoms. The Bertz CT molecular complexity index is 2250. The van der Waals surface area contributed by atoms with Gasteiger partial charge >= 0.3 is 5.97 Å². The summed E-state index contributed by atoms with van der Waals surface area (Å²) in [4.78, 5) is 27.3. The fraction of sp³-hybridized carbons (Fsp3) is 0.535. The Morgan fingerprint density at radius 2 is 1.51 bits per heavy atom. The molecule has 4 fully saturated rings. The summed E-state index contributed by atoms with van der Waals surface area (Å²) in [6, 6.07) is 7.96. The maximum absolute atomic E-state index is 14.0. The average Bonchev–Trinajstić information content (AvgIpc) is 3.33. The molecule has 14 atom stereocenters. The Balaban J connectivity index is 1.15. The molecule has 344 valence electrons. The van der Waals surface area contributed by atoms with E-state index in [9.17, 15) is 60.7 Å². The largest absolute Gasteiger partial charge is 0.507 e. The molecule has 3 unspecified atom stereocenters. The number of hydrogen-bond donors (Lipinski definition) is 10. The van der Waals surface area contributed by atoms with Gasteiger partial charge in [0, 0.05) is 35.6 Å². The van der Waals surface area contributed by atoms with Crippen molar-refractivity contribution >= 4 is 16.9 Å². The van der Waals surface area contributed by atoms with Crippen LogP contribution in [0.1, 0.15) is 33.6 Å². The van der Waals surface area contributed by atoms with Crippen molar-refractivity contribution in [3.63, 3.8) is 0 Å². The van der Waals surface area contributed by atoms with Crippen LogP contribution in [0.2, 0.25) is 0 Å². The Hall–Kier alpha value is -4.68. The number of carbonyl (C=O) groups excluding carboxylic acids is 1. The van der Waals surface area contributed by atoms with Crippen LogP contribution in [-0.4, -0.2) is 163 Å². The van der Waals surface area contributed by atoms with Gasteiger partial charge in [0.2, 0.25) is 23.8 Å². The summed E-state index contributed by atoms with van der Waals surface area (Å²) < 4.78 is 45.7. The van der Waals surface area contributed by atoms with Gasteiger partial charge in [-0.2, -0.15) is 0 Å². The maximum Gasteiger partial charge on any atom is 0.331 e. The number of phenolic OH excluding ortho intramolecular Hbond substituents is 1. The van der Waals surface area contributed by atoms with E-state index in [0.717, 1.165) is 12.1 Å². The Kier molecular flexibility index (Phi) is 13.0. The van der Waals surface area contributed by atoms with E-state index in [1.165, 1.54) is 49.6 Å². The van der Waals surface area contributed by atoms with Gasteiger partial charge in [0.1, 0.15) is 82.1 Å². The highest BCUT2D eigenvalue weighted by molar-refractivity contribution is 5.88. The van der Waals surface area contributed by atoms with Crippen molar-refractivity contribution in [3.8, 4) is 34.3 Å². The van der Waals surface area contributed by atoms with E-state index >= 15 is 0 Å². The van der Waals surface area contributed by atoms with E-state index in [4.69, 9.17) is 37.6 Å². The summed E-state index contributed by atoms with van der Waals surface area (Å²) in [6.07, 6.45) is -12.9. The fourth-order valence-electron chi connectivity index (χ4n) is 8.73. The molecule has 0 spiro atoms. The Morgan fingerprint density at radius 1 is 0.857 bits per heavy atom. The number of aliphatic hydroxyl groups excluding tert-OH is 8. The van der Waals surface area contributed by atoms with Crippen LogP contribution < -0.4 is 19.6 Å². The number of benzene rings is 2. The molecule has 63 heavy (non-hydrogen) atoms. The smallest absolute Gasteiger partial charge is 0.331 e. The van der Waals surface area contributed by atoms with Crippen molar-refractivity contribution < 1.29 is 93.4 Å². The van der Waals surface area contributed by atoms with Crippen LogP contribution in [0, 0.1) is 5.41 Å². The van der Waals surface area contributed by atoms with E-state index in [1.54, 1.807) is 13.8 Å². The number of ether oxygens (including phenoxy) is 7. The number of allylic oxidation sites excluding steroid dienone is 2. The van der Waals surface area contributed by atoms with Gasteiger partial charge in [-0.25, -0.2) is 4.79 Å². The van der Waals surface area contributed by atoms with Gasteiger partial charge in [0.25, 0.3) is 0 Å². The Morgan fingerprint density at radius 3 is 2.14 bits per heavy atom. The molecule has 3 aromatic rings. The van der Waals surface area contributed by atoms with Gasteiger partial charge in [-0.05, 0) is 56.2 Å². The third-order valence-electron chi connectivity index (χ3n) is 12.4. The first kappa shape index (κ1) is 46.3. The molecule has 1 aliphatic carbocycles. The van der Waals surface area contributed by atoms with Crippen LogP contribution in [0.3, 0.4) is 0 Å². The molecule has 2 bridgehead atoms. The average molecular weight is 889 g/mol. The number of rotatable bonds is 12. The molecule has 0 radical (unpaired) electrons. The first-order chi connectivity index (χ1) is 29.8. The standard InChI is InChI=1S/C43H52O20/c1-19(9-10-43(55)41(2)14-21(46)15-42(43,3)57-18-41)11-28(48)62-38-34(53)31(50)27(17-45)61-40(38)58-22-7-5-20(6-8-22)36-37(63-39-35(54)33(52)30(49)26(16-44)60-39)32(51)29-24(47)12-23(56-4)13-25(29)59-36/h5-13,21,26-27,30-31,33-35,38-40,44-47,49-50,52-55H,14-18H2,1-4H3/b10-9+,19-11+/t21?,26-,27+,30+,31+,33+,34-,35+,38+,39+,40+,41?,42?,43-/m0/s1. The van der Waals surface area contributed by atoms with Gasteiger partial charge in [0.05, 0.1) is 33.0 Å². The van der Waals surface area contributed by atoms with E-state index < -0.39 is 120 Å². The lowest BCUT2D eigenvalue weighted by molar-refractivity contribution is -0.281. The van der Waals surface area contributed by atoms with Crippen molar-refractivity contribution in [3.05, 3.63) is 70.4 Å². The number of phenols is 1. The summed E-state index contributed by atoms with van der Waals surface area (Å²) in [5.41, 5.74) is -3.97. The minimum Gasteiger partial charge on any atom is -0.507 e. The molecule has 4 heterocycles. The molecule has 3 saturated heterocycles. The zero-order chi connectivity index (χ0) is 45.8.